The Bertz CT molecular complexity index is 510. The zero-order chi connectivity index (χ0) is 13.7. The lowest BCUT2D eigenvalue weighted by atomic mass is 10.0. The third-order valence-electron chi connectivity index (χ3n) is 3.16. The highest BCUT2D eigenvalue weighted by atomic mass is 35.5. The van der Waals surface area contributed by atoms with E-state index >= 15 is 0 Å². The summed E-state index contributed by atoms with van der Waals surface area (Å²) in [6, 6.07) is 4.47. The van der Waals surface area contributed by atoms with E-state index in [2.05, 4.69) is 10.2 Å². The van der Waals surface area contributed by atoms with Gasteiger partial charge < -0.3 is 10.1 Å². The second-order valence-electron chi connectivity index (χ2n) is 4.52. The predicted molar refractivity (Wildman–Crippen MR) is 77.7 cm³/mol. The molecule has 0 amide bonds. The van der Waals surface area contributed by atoms with Crippen LogP contribution >= 0.6 is 12.4 Å². The van der Waals surface area contributed by atoms with Crippen LogP contribution in [0.15, 0.2) is 18.2 Å². The number of benzene rings is 1. The molecule has 1 aromatic rings. The Morgan fingerprint density at radius 3 is 2.95 bits per heavy atom. The number of ether oxygens (including phenoxy) is 1. The number of piperidine rings is 1. The highest BCUT2D eigenvalue weighted by Crippen LogP contribution is 2.37. The Balaban J connectivity index is 0.00000200. The van der Waals surface area contributed by atoms with Crippen LogP contribution in [0, 0.1) is 22.6 Å². The molecule has 1 aliphatic heterocycles. The van der Waals surface area contributed by atoms with Crippen molar-refractivity contribution in [3.05, 3.63) is 39.7 Å². The number of halogens is 1. The maximum Gasteiger partial charge on any atom is 0.303 e. The van der Waals surface area contributed by atoms with Crippen molar-refractivity contribution in [2.45, 2.75) is 12.8 Å². The van der Waals surface area contributed by atoms with Crippen molar-refractivity contribution in [2.24, 2.45) is 5.92 Å². The second kappa shape index (κ2) is 7.68. The van der Waals surface area contributed by atoms with Crippen LogP contribution in [0.4, 0.5) is 11.4 Å². The van der Waals surface area contributed by atoms with Gasteiger partial charge in [0.1, 0.15) is 5.75 Å². The molecule has 7 heteroatoms. The molecule has 1 N–H and O–H groups in total. The average molecular weight is 298 g/mol. The molecule has 1 fully saturated rings. The van der Waals surface area contributed by atoms with Gasteiger partial charge in [0.25, 0.3) is 5.69 Å². The summed E-state index contributed by atoms with van der Waals surface area (Å²) in [7, 11) is 0. The molecule has 0 aromatic heterocycles. The van der Waals surface area contributed by atoms with E-state index in [1.165, 1.54) is 6.07 Å². The number of hydrogen-bond acceptors (Lipinski definition) is 4. The third kappa shape index (κ3) is 3.83. The fourth-order valence-corrected chi connectivity index (χ4v) is 2.16. The fraction of sp³-hybridized carbons (Fsp3) is 0.462. The van der Waals surface area contributed by atoms with Gasteiger partial charge in [-0.2, -0.15) is 0 Å². The Kier molecular flexibility index (Phi) is 6.22. The molecule has 0 spiro atoms. The van der Waals surface area contributed by atoms with Gasteiger partial charge in [0.05, 0.1) is 18.1 Å². The summed E-state index contributed by atoms with van der Waals surface area (Å²) in [5, 5.41) is 14.1. The third-order valence-corrected chi connectivity index (χ3v) is 3.16. The van der Waals surface area contributed by atoms with Gasteiger partial charge in [-0.3, -0.25) is 10.1 Å². The molecule has 1 heterocycles. The summed E-state index contributed by atoms with van der Waals surface area (Å²) in [5.74, 6) is 0.696. The Labute approximate surface area is 123 Å². The number of nitro benzene ring substituents is 1. The van der Waals surface area contributed by atoms with Gasteiger partial charge in [0.15, 0.2) is 0 Å². The van der Waals surface area contributed by atoms with Crippen LogP contribution in [-0.4, -0.2) is 24.6 Å². The fourth-order valence-electron chi connectivity index (χ4n) is 2.16. The van der Waals surface area contributed by atoms with Crippen molar-refractivity contribution in [2.75, 3.05) is 19.7 Å². The topological polar surface area (TPSA) is 68.8 Å². The molecule has 0 aliphatic carbocycles. The van der Waals surface area contributed by atoms with Gasteiger partial charge in [-0.1, -0.05) is 6.07 Å². The van der Waals surface area contributed by atoms with E-state index in [0.717, 1.165) is 25.9 Å². The number of nitrogens with one attached hydrogen (secondary N) is 1. The minimum absolute atomic E-state index is 0. The minimum Gasteiger partial charge on any atom is -0.504 e. The van der Waals surface area contributed by atoms with Crippen molar-refractivity contribution in [1.29, 1.82) is 0 Å². The van der Waals surface area contributed by atoms with E-state index < -0.39 is 4.92 Å². The summed E-state index contributed by atoms with van der Waals surface area (Å²) in [6.45, 7) is 9.47. The van der Waals surface area contributed by atoms with E-state index in [4.69, 9.17) is 11.3 Å². The molecule has 108 valence electrons. The molecule has 0 unspecified atom stereocenters. The number of nitrogens with zero attached hydrogens (tertiary/aromatic N) is 2. The Morgan fingerprint density at radius 2 is 2.35 bits per heavy atom. The molecule has 0 radical (unpaired) electrons. The van der Waals surface area contributed by atoms with Gasteiger partial charge in [0.2, 0.25) is 0 Å². The Morgan fingerprint density at radius 1 is 1.55 bits per heavy atom. The van der Waals surface area contributed by atoms with Gasteiger partial charge in [0, 0.05) is 18.5 Å². The number of para-hydroxylation sites is 1. The van der Waals surface area contributed by atoms with Crippen LogP contribution in [0.2, 0.25) is 0 Å². The van der Waals surface area contributed by atoms with E-state index in [-0.39, 0.29) is 23.8 Å². The summed E-state index contributed by atoms with van der Waals surface area (Å²) in [6.07, 6.45) is 2.19. The standard InChI is InChI=1S/C13H15N3O3.ClH/c1-14-13-11(16(17)18)5-2-6-12(13)19-9-10-4-3-7-15-8-10;/h2,5-6,10,15H,3-4,7-9H2;1H/t10-;/m0./s1. The van der Waals surface area contributed by atoms with Crippen LogP contribution < -0.4 is 10.1 Å². The number of nitro groups is 1. The first kappa shape index (κ1) is 16.2. The van der Waals surface area contributed by atoms with E-state index in [0.29, 0.717) is 18.3 Å². The first-order valence-corrected chi connectivity index (χ1v) is 6.20. The molecule has 1 aliphatic rings. The highest BCUT2D eigenvalue weighted by molar-refractivity contribution is 5.85. The van der Waals surface area contributed by atoms with Gasteiger partial charge in [-0.05, 0) is 25.5 Å². The van der Waals surface area contributed by atoms with Gasteiger partial charge in [-0.15, -0.1) is 12.4 Å². The normalized spacial score (nSPS) is 17.6. The number of hydrogen-bond donors (Lipinski definition) is 1. The molecule has 2 rings (SSSR count). The summed E-state index contributed by atoms with van der Waals surface area (Å²) < 4.78 is 5.60. The average Bonchev–Trinajstić information content (AvgIpc) is 2.45. The van der Waals surface area contributed by atoms with E-state index in [9.17, 15) is 10.1 Å². The lowest BCUT2D eigenvalue weighted by Gasteiger charge is -2.23. The molecular weight excluding hydrogens is 282 g/mol. The van der Waals surface area contributed by atoms with Crippen molar-refractivity contribution in [3.8, 4) is 5.75 Å². The molecule has 0 saturated carbocycles. The molecule has 1 atom stereocenters. The molecule has 0 bridgehead atoms. The zero-order valence-corrected chi connectivity index (χ0v) is 11.7. The van der Waals surface area contributed by atoms with E-state index in [1.807, 2.05) is 0 Å². The van der Waals surface area contributed by atoms with Crippen LogP contribution in [0.5, 0.6) is 5.75 Å². The molecule has 20 heavy (non-hydrogen) atoms. The van der Waals surface area contributed by atoms with Crippen LogP contribution in [-0.2, 0) is 0 Å². The minimum atomic E-state index is -0.553. The summed E-state index contributed by atoms with van der Waals surface area (Å²) >= 11 is 0. The Hall–Kier alpha value is -1.84. The first-order chi connectivity index (χ1) is 9.22. The van der Waals surface area contributed by atoms with Crippen molar-refractivity contribution >= 4 is 23.8 Å². The maximum atomic E-state index is 10.8. The second-order valence-corrected chi connectivity index (χ2v) is 4.52. The first-order valence-electron chi connectivity index (χ1n) is 6.20. The van der Waals surface area contributed by atoms with E-state index in [1.54, 1.807) is 12.1 Å². The van der Waals surface area contributed by atoms with Crippen molar-refractivity contribution in [3.63, 3.8) is 0 Å². The largest absolute Gasteiger partial charge is 0.504 e. The summed E-state index contributed by atoms with van der Waals surface area (Å²) in [4.78, 5) is 13.5. The predicted octanol–water partition coefficient (Wildman–Crippen LogP) is 2.95. The molecule has 1 aromatic carbocycles. The van der Waals surface area contributed by atoms with Crippen molar-refractivity contribution in [1.82, 2.24) is 5.32 Å². The lowest BCUT2D eigenvalue weighted by molar-refractivity contribution is -0.383. The summed E-state index contributed by atoms with van der Waals surface area (Å²) in [5.41, 5.74) is -0.217. The highest BCUT2D eigenvalue weighted by Gasteiger charge is 2.20. The zero-order valence-electron chi connectivity index (χ0n) is 10.9. The SMILES string of the molecule is Cl.[C-]#[N+]c1c(OC[C@H]2CCCNC2)cccc1[N+](=O)[O-]. The van der Waals surface area contributed by atoms with Crippen LogP contribution in [0.3, 0.4) is 0 Å². The van der Waals surface area contributed by atoms with Crippen LogP contribution in [0.1, 0.15) is 12.8 Å². The maximum absolute atomic E-state index is 10.8. The molecular formula is C13H16ClN3O3. The monoisotopic (exact) mass is 297 g/mol. The smallest absolute Gasteiger partial charge is 0.303 e. The molecule has 1 saturated heterocycles. The van der Waals surface area contributed by atoms with Crippen LogP contribution in [0.25, 0.3) is 4.85 Å². The number of rotatable bonds is 4. The molecule has 6 nitrogen and oxygen atoms in total. The van der Waals surface area contributed by atoms with Gasteiger partial charge >= 0.3 is 5.69 Å². The van der Waals surface area contributed by atoms with Crippen molar-refractivity contribution < 1.29 is 9.66 Å². The lowest BCUT2D eigenvalue weighted by Crippen LogP contribution is -2.33. The quantitative estimate of drug-likeness (QED) is 0.527. The van der Waals surface area contributed by atoms with Gasteiger partial charge in [-0.25, -0.2) is 4.85 Å².